The van der Waals surface area contributed by atoms with Crippen LogP contribution in [0.2, 0.25) is 0 Å². The number of nitrogens with zero attached hydrogens (tertiary/aromatic N) is 2. The molecule has 8 nitrogen and oxygen atoms in total. The van der Waals surface area contributed by atoms with Crippen LogP contribution in [-0.4, -0.2) is 55.0 Å². The van der Waals surface area contributed by atoms with Crippen molar-refractivity contribution in [1.29, 1.82) is 0 Å². The highest BCUT2D eigenvalue weighted by atomic mass is 32.2. The molecule has 2 aliphatic heterocycles. The molecule has 4 unspecified atom stereocenters. The molecule has 3 aliphatic rings. The van der Waals surface area contributed by atoms with Crippen molar-refractivity contribution in [2.75, 3.05) is 18.2 Å². The van der Waals surface area contributed by atoms with Crippen molar-refractivity contribution in [2.45, 2.75) is 42.0 Å². The van der Waals surface area contributed by atoms with Gasteiger partial charge in [0.1, 0.15) is 29.7 Å². The largest absolute Gasteiger partial charge is 0.471 e. The molecule has 1 aromatic heterocycles. The molecule has 1 spiro atoms. The van der Waals surface area contributed by atoms with Crippen LogP contribution in [0, 0.1) is 12.7 Å². The van der Waals surface area contributed by atoms with Crippen molar-refractivity contribution >= 4 is 21.3 Å². The fourth-order valence-electron chi connectivity index (χ4n) is 4.10. The number of benzene rings is 1. The highest BCUT2D eigenvalue weighted by molar-refractivity contribution is 7.90. The smallest absolute Gasteiger partial charge is 0.221 e. The minimum Gasteiger partial charge on any atom is -0.471 e. The molecule has 4 atom stereocenters. The Labute approximate surface area is 161 Å². The van der Waals surface area contributed by atoms with E-state index in [4.69, 9.17) is 9.47 Å². The average Bonchev–Trinajstić information content (AvgIpc) is 2.60. The van der Waals surface area contributed by atoms with Gasteiger partial charge in [-0.3, -0.25) is 0 Å². The summed E-state index contributed by atoms with van der Waals surface area (Å²) in [6.07, 6.45) is 3.17. The summed E-state index contributed by atoms with van der Waals surface area (Å²) >= 11 is 0. The monoisotopic (exact) mass is 406 g/mol. The Balaban J connectivity index is 1.36. The van der Waals surface area contributed by atoms with E-state index in [1.807, 2.05) is 0 Å². The molecule has 10 heteroatoms. The highest BCUT2D eigenvalue weighted by Gasteiger charge is 2.75. The summed E-state index contributed by atoms with van der Waals surface area (Å²) in [5.74, 6) is 0.127. The second-order valence-corrected chi connectivity index (χ2v) is 9.49. The first-order valence-electron chi connectivity index (χ1n) is 8.94. The summed E-state index contributed by atoms with van der Waals surface area (Å²) in [4.78, 5) is 8.29. The first-order chi connectivity index (χ1) is 13.3. The zero-order valence-electron chi connectivity index (χ0n) is 15.3. The lowest BCUT2D eigenvalue weighted by atomic mass is 9.57. The third kappa shape index (κ3) is 2.44. The Morgan fingerprint density at radius 3 is 2.79 bits per heavy atom. The Hall–Kier alpha value is -2.30. The summed E-state index contributed by atoms with van der Waals surface area (Å²) < 4.78 is 49.3. The van der Waals surface area contributed by atoms with Crippen molar-refractivity contribution in [2.24, 2.45) is 0 Å². The number of sulfone groups is 1. The number of nitrogens with one attached hydrogen (secondary N) is 2. The molecule has 1 aliphatic carbocycles. The van der Waals surface area contributed by atoms with E-state index in [9.17, 15) is 12.8 Å². The second-order valence-electron chi connectivity index (χ2n) is 7.47. The zero-order chi connectivity index (χ0) is 19.7. The lowest BCUT2D eigenvalue weighted by Crippen LogP contribution is -2.95. The molecule has 3 fully saturated rings. The van der Waals surface area contributed by atoms with E-state index in [0.29, 0.717) is 36.0 Å². The van der Waals surface area contributed by atoms with Crippen molar-refractivity contribution in [3.63, 3.8) is 0 Å². The molecular formula is C18H19FN4O4S. The Morgan fingerprint density at radius 2 is 2.18 bits per heavy atom. The molecule has 0 amide bonds. The lowest BCUT2D eigenvalue weighted by molar-refractivity contribution is -0.341. The second kappa shape index (κ2) is 5.85. The van der Waals surface area contributed by atoms with Crippen LogP contribution in [0.4, 0.5) is 15.9 Å². The van der Waals surface area contributed by atoms with Crippen molar-refractivity contribution in [3.8, 4) is 5.88 Å². The van der Waals surface area contributed by atoms with E-state index in [0.717, 1.165) is 18.7 Å². The Bertz CT molecular complexity index is 1070. The topological polar surface area (TPSA) is 102 Å². The van der Waals surface area contributed by atoms with Crippen LogP contribution in [-0.2, 0) is 14.6 Å². The normalized spacial score (nSPS) is 30.2. The summed E-state index contributed by atoms with van der Waals surface area (Å²) in [7, 11) is -3.48. The minimum atomic E-state index is -3.48. The van der Waals surface area contributed by atoms with Crippen LogP contribution in [0.3, 0.4) is 0 Å². The maximum atomic E-state index is 14.4. The van der Waals surface area contributed by atoms with E-state index in [2.05, 4.69) is 20.6 Å². The number of morpholine rings is 1. The Kier molecular flexibility index (Phi) is 3.71. The highest BCUT2D eigenvalue weighted by Crippen LogP contribution is 2.53. The van der Waals surface area contributed by atoms with Crippen LogP contribution in [0.1, 0.15) is 12.0 Å². The van der Waals surface area contributed by atoms with E-state index < -0.39 is 15.7 Å². The van der Waals surface area contributed by atoms with Crippen molar-refractivity contribution in [1.82, 2.24) is 15.3 Å². The molecule has 1 aromatic carbocycles. The van der Waals surface area contributed by atoms with Crippen molar-refractivity contribution < 1.29 is 22.3 Å². The van der Waals surface area contributed by atoms with Crippen LogP contribution in [0.5, 0.6) is 5.88 Å². The van der Waals surface area contributed by atoms with Gasteiger partial charge in [-0.25, -0.2) is 22.8 Å². The fraction of sp³-hybridized carbons (Fsp3) is 0.444. The molecule has 148 valence electrons. The van der Waals surface area contributed by atoms with Gasteiger partial charge in [-0.15, -0.1) is 0 Å². The molecule has 0 bridgehead atoms. The average molecular weight is 406 g/mol. The van der Waals surface area contributed by atoms with Crippen LogP contribution >= 0.6 is 0 Å². The van der Waals surface area contributed by atoms with Crippen LogP contribution in [0.15, 0.2) is 29.4 Å². The number of hydrogen-bond donors (Lipinski definition) is 2. The summed E-state index contributed by atoms with van der Waals surface area (Å²) in [5, 5.41) is 6.32. The van der Waals surface area contributed by atoms with E-state index >= 15 is 0 Å². The molecule has 2 N–H and O–H groups in total. The summed E-state index contributed by atoms with van der Waals surface area (Å²) in [6, 6.07) is 4.39. The summed E-state index contributed by atoms with van der Waals surface area (Å²) in [5.41, 5.74) is 0.531. The SMILES string of the molecule is Cc1c(Nc2ccc(S(C)(=O)=O)cc2F)ncnc1OC1CC2NC3COC321. The van der Waals surface area contributed by atoms with Gasteiger partial charge in [0, 0.05) is 18.7 Å². The van der Waals surface area contributed by atoms with Crippen molar-refractivity contribution in [3.05, 3.63) is 35.9 Å². The maximum Gasteiger partial charge on any atom is 0.221 e. The Morgan fingerprint density at radius 1 is 1.36 bits per heavy atom. The minimum absolute atomic E-state index is 0.0651. The van der Waals surface area contributed by atoms with Gasteiger partial charge in [-0.2, -0.15) is 0 Å². The molecule has 3 heterocycles. The van der Waals surface area contributed by atoms with Gasteiger partial charge in [-0.05, 0) is 25.1 Å². The first-order valence-corrected chi connectivity index (χ1v) is 10.8. The number of hydrogen-bond acceptors (Lipinski definition) is 8. The van der Waals surface area contributed by atoms with Crippen LogP contribution < -0.4 is 15.4 Å². The molecule has 2 aromatic rings. The van der Waals surface area contributed by atoms with Gasteiger partial charge in [0.25, 0.3) is 0 Å². The van der Waals surface area contributed by atoms with Crippen LogP contribution in [0.25, 0.3) is 0 Å². The molecule has 0 radical (unpaired) electrons. The first kappa shape index (κ1) is 17.8. The number of aromatic nitrogens is 2. The number of halogens is 1. The standard InChI is InChI=1S/C18H19FN4O4S/c1-9-16(22-12-4-3-10(5-11(12)19)28(2,24)25)20-8-21-17(9)27-15-6-13-18(15)14(23-13)7-26-18/h3-5,8,13-15,23H,6-7H2,1-2H3,(H,20,21,22). The predicted molar refractivity (Wildman–Crippen MR) is 98.0 cm³/mol. The van der Waals surface area contributed by atoms with Gasteiger partial charge < -0.3 is 20.1 Å². The number of anilines is 2. The molecule has 28 heavy (non-hydrogen) atoms. The van der Waals surface area contributed by atoms with E-state index in [-0.39, 0.29) is 22.3 Å². The third-order valence-corrected chi connectivity index (χ3v) is 6.97. The predicted octanol–water partition coefficient (Wildman–Crippen LogP) is 1.33. The lowest BCUT2D eigenvalue weighted by Gasteiger charge is -2.72. The zero-order valence-corrected chi connectivity index (χ0v) is 16.1. The van der Waals surface area contributed by atoms with Gasteiger partial charge in [0.15, 0.2) is 9.84 Å². The fourth-order valence-corrected chi connectivity index (χ4v) is 4.73. The molecular weight excluding hydrogens is 387 g/mol. The van der Waals surface area contributed by atoms with Gasteiger partial charge in [-0.1, -0.05) is 0 Å². The third-order valence-electron chi connectivity index (χ3n) is 5.86. The summed E-state index contributed by atoms with van der Waals surface area (Å²) in [6.45, 7) is 2.49. The van der Waals surface area contributed by atoms with Gasteiger partial charge in [0.2, 0.25) is 5.88 Å². The molecule has 1 saturated carbocycles. The van der Waals surface area contributed by atoms with E-state index in [1.165, 1.54) is 18.5 Å². The number of ether oxygens (including phenoxy) is 2. The number of rotatable bonds is 5. The van der Waals surface area contributed by atoms with Gasteiger partial charge in [0.05, 0.1) is 28.8 Å². The maximum absolute atomic E-state index is 14.4. The van der Waals surface area contributed by atoms with E-state index in [1.54, 1.807) is 6.92 Å². The number of piperidine rings is 1. The molecule has 5 rings (SSSR count). The molecule has 2 saturated heterocycles. The quantitative estimate of drug-likeness (QED) is 0.767. The van der Waals surface area contributed by atoms with Gasteiger partial charge >= 0.3 is 0 Å².